The van der Waals surface area contributed by atoms with Crippen molar-refractivity contribution in [1.82, 2.24) is 9.62 Å². The molecule has 0 saturated heterocycles. The molecule has 1 fully saturated rings. The minimum absolute atomic E-state index is 0.0131. The number of fused-ring (bicyclic) bond motifs is 2. The zero-order chi connectivity index (χ0) is 17.1. The molecule has 1 aliphatic carbocycles. The summed E-state index contributed by atoms with van der Waals surface area (Å²) in [4.78, 5) is 14.2. The smallest absolute Gasteiger partial charge is 0.257 e. The van der Waals surface area contributed by atoms with Gasteiger partial charge in [0.2, 0.25) is 22.6 Å². The molecule has 0 unspecified atom stereocenters. The Bertz CT molecular complexity index is 831. The molecule has 0 aromatic heterocycles. The van der Waals surface area contributed by atoms with Crippen molar-refractivity contribution in [3.05, 3.63) is 11.1 Å². The lowest BCUT2D eigenvalue weighted by Gasteiger charge is -2.28. The van der Waals surface area contributed by atoms with Gasteiger partial charge < -0.3 is 19.1 Å². The van der Waals surface area contributed by atoms with Crippen LogP contribution in [0.3, 0.4) is 0 Å². The van der Waals surface area contributed by atoms with Crippen LogP contribution in [-0.2, 0) is 16.4 Å². The fourth-order valence-electron chi connectivity index (χ4n) is 3.11. The molecule has 8 nitrogen and oxygen atoms in total. The van der Waals surface area contributed by atoms with Crippen LogP contribution in [-0.4, -0.2) is 52.8 Å². The number of hydrogen-bond acceptors (Lipinski definition) is 6. The third-order valence-corrected chi connectivity index (χ3v) is 6.07. The number of amides is 1. The second-order valence-corrected chi connectivity index (χ2v) is 7.80. The summed E-state index contributed by atoms with van der Waals surface area (Å²) < 4.78 is 44.7. The summed E-state index contributed by atoms with van der Waals surface area (Å²) in [6.45, 7) is 0.325. The lowest BCUT2D eigenvalue weighted by Crippen LogP contribution is -2.36. The first-order chi connectivity index (χ1) is 11.4. The lowest BCUT2D eigenvalue weighted by atomic mass is 9.97. The van der Waals surface area contributed by atoms with E-state index >= 15 is 0 Å². The molecular weight excluding hydrogens is 336 g/mol. The maximum absolute atomic E-state index is 12.9. The highest BCUT2D eigenvalue weighted by Crippen LogP contribution is 2.51. The summed E-state index contributed by atoms with van der Waals surface area (Å²) in [7, 11) is -0.712. The lowest BCUT2D eigenvalue weighted by molar-refractivity contribution is 0.0775. The van der Waals surface area contributed by atoms with Crippen molar-refractivity contribution in [2.24, 2.45) is 0 Å². The largest absolute Gasteiger partial charge is 0.492 e. The quantitative estimate of drug-likeness (QED) is 0.846. The maximum atomic E-state index is 12.9. The first-order valence-electron chi connectivity index (χ1n) is 7.74. The molecule has 0 radical (unpaired) electrons. The first kappa shape index (κ1) is 15.5. The number of sulfonamides is 1. The molecule has 9 heteroatoms. The van der Waals surface area contributed by atoms with Gasteiger partial charge in [0, 0.05) is 19.6 Å². The van der Waals surface area contributed by atoms with Gasteiger partial charge in [-0.3, -0.25) is 4.79 Å². The van der Waals surface area contributed by atoms with Crippen LogP contribution in [0.2, 0.25) is 0 Å². The minimum Gasteiger partial charge on any atom is -0.492 e. The SMILES string of the molecule is COc1c2c(c(S(=O)(=O)NC3CC3)c3c1C(=O)N(C)CC3)OCO2. The Hall–Kier alpha value is -2.00. The number of likely N-dealkylation sites (N-methyl/N-ethyl adjacent to an activating group) is 1. The molecule has 1 saturated carbocycles. The Balaban J connectivity index is 2.00. The van der Waals surface area contributed by atoms with Crippen LogP contribution in [0.15, 0.2) is 4.90 Å². The second kappa shape index (κ2) is 5.25. The predicted octanol–water partition coefficient (Wildman–Crippen LogP) is 0.493. The molecule has 1 amide bonds. The Morgan fingerprint density at radius 2 is 1.96 bits per heavy atom. The van der Waals surface area contributed by atoms with Crippen LogP contribution in [0.4, 0.5) is 0 Å². The molecule has 0 spiro atoms. The van der Waals surface area contributed by atoms with Gasteiger partial charge in [-0.15, -0.1) is 0 Å². The molecule has 1 aromatic carbocycles. The van der Waals surface area contributed by atoms with Gasteiger partial charge in [-0.1, -0.05) is 0 Å². The van der Waals surface area contributed by atoms with Gasteiger partial charge in [0.05, 0.1) is 12.7 Å². The van der Waals surface area contributed by atoms with Crippen LogP contribution in [0, 0.1) is 0 Å². The summed E-state index contributed by atoms with van der Waals surface area (Å²) in [5.41, 5.74) is 0.680. The molecule has 130 valence electrons. The van der Waals surface area contributed by atoms with Gasteiger partial charge in [0.25, 0.3) is 5.91 Å². The zero-order valence-corrected chi connectivity index (χ0v) is 14.2. The highest BCUT2D eigenvalue weighted by atomic mass is 32.2. The van der Waals surface area contributed by atoms with Crippen LogP contribution < -0.4 is 18.9 Å². The fraction of sp³-hybridized carbons (Fsp3) is 0.533. The molecule has 0 atom stereocenters. The van der Waals surface area contributed by atoms with E-state index in [0.29, 0.717) is 18.5 Å². The van der Waals surface area contributed by atoms with Crippen LogP contribution in [0.5, 0.6) is 17.2 Å². The van der Waals surface area contributed by atoms with Crippen molar-refractivity contribution in [2.75, 3.05) is 27.5 Å². The highest BCUT2D eigenvalue weighted by Gasteiger charge is 2.42. The fourth-order valence-corrected chi connectivity index (χ4v) is 4.83. The maximum Gasteiger partial charge on any atom is 0.257 e. The molecular formula is C15H18N2O6S. The monoisotopic (exact) mass is 354 g/mol. The van der Waals surface area contributed by atoms with E-state index in [4.69, 9.17) is 14.2 Å². The van der Waals surface area contributed by atoms with Gasteiger partial charge in [-0.25, -0.2) is 13.1 Å². The summed E-state index contributed by atoms with van der Waals surface area (Å²) in [6, 6.07) is -0.0484. The van der Waals surface area contributed by atoms with E-state index in [0.717, 1.165) is 12.8 Å². The summed E-state index contributed by atoms with van der Waals surface area (Å²) in [5, 5.41) is 0. The minimum atomic E-state index is -3.81. The van der Waals surface area contributed by atoms with Crippen molar-refractivity contribution in [2.45, 2.75) is 30.2 Å². The average Bonchev–Trinajstić information content (AvgIpc) is 3.20. The molecule has 3 aliphatic rings. The van der Waals surface area contributed by atoms with E-state index in [9.17, 15) is 13.2 Å². The number of nitrogens with one attached hydrogen (secondary N) is 1. The number of carbonyl (C=O) groups is 1. The van der Waals surface area contributed by atoms with Gasteiger partial charge >= 0.3 is 0 Å². The summed E-state index contributed by atoms with van der Waals surface area (Å²) in [6.07, 6.45) is 2.04. The van der Waals surface area contributed by atoms with E-state index < -0.39 is 10.0 Å². The second-order valence-electron chi connectivity index (χ2n) is 6.15. The number of nitrogens with zero attached hydrogens (tertiary/aromatic N) is 1. The Labute approximate surface area is 139 Å². The Morgan fingerprint density at radius 3 is 2.62 bits per heavy atom. The third-order valence-electron chi connectivity index (χ3n) is 4.46. The number of hydrogen-bond donors (Lipinski definition) is 1. The van der Waals surface area contributed by atoms with Crippen LogP contribution >= 0.6 is 0 Å². The van der Waals surface area contributed by atoms with Gasteiger partial charge in [0.1, 0.15) is 4.90 Å². The molecule has 4 rings (SSSR count). The highest BCUT2D eigenvalue weighted by molar-refractivity contribution is 7.89. The molecule has 24 heavy (non-hydrogen) atoms. The van der Waals surface area contributed by atoms with Crippen molar-refractivity contribution < 1.29 is 27.4 Å². The van der Waals surface area contributed by atoms with E-state index in [1.54, 1.807) is 7.05 Å². The van der Waals surface area contributed by atoms with E-state index in [2.05, 4.69) is 4.72 Å². The van der Waals surface area contributed by atoms with Gasteiger partial charge in [0.15, 0.2) is 11.5 Å². The molecule has 1 aromatic rings. The van der Waals surface area contributed by atoms with E-state index in [1.807, 2.05) is 0 Å². The summed E-state index contributed by atoms with van der Waals surface area (Å²) in [5.74, 6) is 0.265. The van der Waals surface area contributed by atoms with E-state index in [-0.39, 0.29) is 46.4 Å². The number of ether oxygens (including phenoxy) is 3. The molecule has 2 aliphatic heterocycles. The predicted molar refractivity (Wildman–Crippen MR) is 83.1 cm³/mol. The average molecular weight is 354 g/mol. The molecule has 0 bridgehead atoms. The normalized spacial score (nSPS) is 19.4. The number of carbonyl (C=O) groups excluding carboxylic acids is 1. The number of rotatable bonds is 4. The van der Waals surface area contributed by atoms with Crippen molar-refractivity contribution in [3.8, 4) is 17.2 Å². The van der Waals surface area contributed by atoms with E-state index in [1.165, 1.54) is 12.0 Å². The van der Waals surface area contributed by atoms with Gasteiger partial charge in [-0.05, 0) is 24.8 Å². The van der Waals surface area contributed by atoms with Crippen molar-refractivity contribution in [1.29, 1.82) is 0 Å². The first-order valence-corrected chi connectivity index (χ1v) is 9.22. The van der Waals surface area contributed by atoms with Crippen LogP contribution in [0.25, 0.3) is 0 Å². The van der Waals surface area contributed by atoms with Crippen molar-refractivity contribution in [3.63, 3.8) is 0 Å². The van der Waals surface area contributed by atoms with Crippen LogP contribution in [0.1, 0.15) is 28.8 Å². The Morgan fingerprint density at radius 1 is 1.25 bits per heavy atom. The summed E-state index contributed by atoms with van der Waals surface area (Å²) >= 11 is 0. The molecule has 1 N–H and O–H groups in total. The van der Waals surface area contributed by atoms with Crippen molar-refractivity contribution >= 4 is 15.9 Å². The third kappa shape index (κ3) is 2.22. The number of methoxy groups -OCH3 is 1. The standard InChI is InChI=1S/C15H18N2O6S/c1-17-6-5-9-10(15(17)18)11(21-2)12-13(23-7-22-12)14(9)24(19,20)16-8-3-4-8/h8,16H,3-7H2,1-2H3. The zero-order valence-electron chi connectivity index (χ0n) is 13.4. The number of benzene rings is 1. The Kier molecular flexibility index (Phi) is 3.40. The van der Waals surface area contributed by atoms with Gasteiger partial charge in [-0.2, -0.15) is 0 Å². The topological polar surface area (TPSA) is 94.2 Å². The molecule has 2 heterocycles.